The highest BCUT2D eigenvalue weighted by Crippen LogP contribution is 2.25. The fraction of sp³-hybridized carbons (Fsp3) is 0.125. The Morgan fingerprint density at radius 3 is 2.39 bits per heavy atom. The average Bonchev–Trinajstić information content (AvgIpc) is 2.50. The van der Waals surface area contributed by atoms with Gasteiger partial charge in [0.2, 0.25) is 0 Å². The van der Waals surface area contributed by atoms with Crippen LogP contribution in [0.2, 0.25) is 10.0 Å². The van der Waals surface area contributed by atoms with Crippen molar-refractivity contribution >= 4 is 40.8 Å². The van der Waals surface area contributed by atoms with Crippen molar-refractivity contribution in [2.45, 2.75) is 13.0 Å². The molecule has 5 nitrogen and oxygen atoms in total. The second-order valence-electron chi connectivity index (χ2n) is 4.71. The van der Waals surface area contributed by atoms with E-state index in [9.17, 15) is 14.7 Å². The minimum atomic E-state index is -1.02. The fourth-order valence-corrected chi connectivity index (χ4v) is 2.16. The molecular formula is C16H13Cl2NO4. The zero-order valence-corrected chi connectivity index (χ0v) is 13.6. The predicted octanol–water partition coefficient (Wildman–Crippen LogP) is 3.88. The summed E-state index contributed by atoms with van der Waals surface area (Å²) in [7, 11) is 0. The van der Waals surface area contributed by atoms with Gasteiger partial charge in [0.05, 0.1) is 16.3 Å². The Kier molecular flexibility index (Phi) is 5.47. The third-order valence-corrected chi connectivity index (χ3v) is 3.49. The first-order valence-corrected chi connectivity index (χ1v) is 7.38. The second-order valence-corrected chi connectivity index (χ2v) is 5.55. The van der Waals surface area contributed by atoms with Crippen LogP contribution in [0.25, 0.3) is 0 Å². The predicted molar refractivity (Wildman–Crippen MR) is 88.1 cm³/mol. The lowest BCUT2D eigenvalue weighted by atomic mass is 10.2. The first-order valence-electron chi connectivity index (χ1n) is 6.63. The molecule has 0 aliphatic carbocycles. The van der Waals surface area contributed by atoms with Crippen LogP contribution in [0.3, 0.4) is 0 Å². The summed E-state index contributed by atoms with van der Waals surface area (Å²) in [6, 6.07) is 10.1. The molecule has 2 aromatic rings. The Hall–Kier alpha value is -2.24. The number of ether oxygens (including phenoxy) is 1. The molecule has 2 aromatic carbocycles. The number of aromatic hydroxyl groups is 1. The molecule has 1 amide bonds. The minimum Gasteiger partial charge on any atom is -0.508 e. The smallest absolute Gasteiger partial charge is 0.338 e. The molecule has 0 radical (unpaired) electrons. The minimum absolute atomic E-state index is 0.0321. The van der Waals surface area contributed by atoms with Gasteiger partial charge in [-0.1, -0.05) is 23.2 Å². The van der Waals surface area contributed by atoms with Gasteiger partial charge in [0, 0.05) is 5.02 Å². The highest BCUT2D eigenvalue weighted by molar-refractivity contribution is 6.36. The number of esters is 1. The Morgan fingerprint density at radius 2 is 1.78 bits per heavy atom. The van der Waals surface area contributed by atoms with Gasteiger partial charge in [0.1, 0.15) is 5.75 Å². The van der Waals surface area contributed by atoms with Crippen molar-refractivity contribution in [1.82, 2.24) is 0 Å². The Labute approximate surface area is 142 Å². The SMILES string of the molecule is C[C@H](OC(=O)c1ccc(O)cc1)C(=O)Nc1ccc(Cl)cc1Cl. The number of phenolic OH excluding ortho intramolecular Hbond substituents is 1. The molecule has 7 heteroatoms. The quantitative estimate of drug-likeness (QED) is 0.817. The lowest BCUT2D eigenvalue weighted by Gasteiger charge is -2.14. The monoisotopic (exact) mass is 353 g/mol. The van der Waals surface area contributed by atoms with Crippen molar-refractivity contribution in [1.29, 1.82) is 0 Å². The van der Waals surface area contributed by atoms with E-state index in [1.165, 1.54) is 37.3 Å². The number of phenols is 1. The zero-order valence-electron chi connectivity index (χ0n) is 12.0. The summed E-state index contributed by atoms with van der Waals surface area (Å²) in [6.45, 7) is 1.44. The third-order valence-electron chi connectivity index (χ3n) is 2.95. The van der Waals surface area contributed by atoms with E-state index in [-0.39, 0.29) is 16.3 Å². The van der Waals surface area contributed by atoms with Gasteiger partial charge in [-0.25, -0.2) is 4.79 Å². The molecule has 0 saturated heterocycles. The van der Waals surface area contributed by atoms with Gasteiger partial charge in [0.25, 0.3) is 5.91 Å². The van der Waals surface area contributed by atoms with E-state index in [1.807, 2.05) is 0 Å². The van der Waals surface area contributed by atoms with Crippen molar-refractivity contribution < 1.29 is 19.4 Å². The van der Waals surface area contributed by atoms with Gasteiger partial charge in [-0.05, 0) is 49.4 Å². The lowest BCUT2D eigenvalue weighted by molar-refractivity contribution is -0.123. The molecule has 0 unspecified atom stereocenters. The summed E-state index contributed by atoms with van der Waals surface area (Å²) in [5, 5.41) is 12.5. The summed E-state index contributed by atoms with van der Waals surface area (Å²) in [4.78, 5) is 24.0. The number of nitrogens with one attached hydrogen (secondary N) is 1. The molecule has 1 atom stereocenters. The molecule has 0 aliphatic rings. The van der Waals surface area contributed by atoms with Crippen LogP contribution in [0.15, 0.2) is 42.5 Å². The van der Waals surface area contributed by atoms with Crippen LogP contribution in [0.1, 0.15) is 17.3 Å². The van der Waals surface area contributed by atoms with Gasteiger partial charge in [-0.2, -0.15) is 0 Å². The summed E-state index contributed by atoms with van der Waals surface area (Å²) in [6.07, 6.45) is -1.02. The van der Waals surface area contributed by atoms with E-state index in [2.05, 4.69) is 5.32 Å². The highest BCUT2D eigenvalue weighted by Gasteiger charge is 2.19. The summed E-state index contributed by atoms with van der Waals surface area (Å²) >= 11 is 11.7. The second kappa shape index (κ2) is 7.35. The van der Waals surface area contributed by atoms with E-state index in [0.717, 1.165) is 0 Å². The number of benzene rings is 2. The van der Waals surface area contributed by atoms with Crippen molar-refractivity contribution in [2.24, 2.45) is 0 Å². The third kappa shape index (κ3) is 4.61. The highest BCUT2D eigenvalue weighted by atomic mass is 35.5. The maximum Gasteiger partial charge on any atom is 0.338 e. The van der Waals surface area contributed by atoms with Crippen molar-refractivity contribution in [3.05, 3.63) is 58.1 Å². The van der Waals surface area contributed by atoms with Gasteiger partial charge < -0.3 is 15.2 Å². The van der Waals surface area contributed by atoms with E-state index in [1.54, 1.807) is 12.1 Å². The van der Waals surface area contributed by atoms with E-state index >= 15 is 0 Å². The Balaban J connectivity index is 1.99. The van der Waals surface area contributed by atoms with Crippen LogP contribution in [0.5, 0.6) is 5.75 Å². The normalized spacial score (nSPS) is 11.6. The molecule has 2 rings (SSSR count). The van der Waals surface area contributed by atoms with Crippen LogP contribution in [-0.2, 0) is 9.53 Å². The van der Waals surface area contributed by atoms with Crippen LogP contribution in [-0.4, -0.2) is 23.1 Å². The number of halogens is 2. The molecule has 0 bridgehead atoms. The standard InChI is InChI=1S/C16H13Cl2NO4/c1-9(23-16(22)10-2-5-12(20)6-3-10)15(21)19-14-7-4-11(17)8-13(14)18/h2-9,20H,1H3,(H,19,21)/t9-/m0/s1. The fourth-order valence-electron chi connectivity index (χ4n) is 1.70. The number of carbonyl (C=O) groups is 2. The topological polar surface area (TPSA) is 75.6 Å². The summed E-state index contributed by atoms with van der Waals surface area (Å²) in [5.74, 6) is -1.17. The number of carbonyl (C=O) groups excluding carboxylic acids is 2. The van der Waals surface area contributed by atoms with Crippen molar-refractivity contribution in [3.8, 4) is 5.75 Å². The maximum atomic E-state index is 12.1. The molecule has 0 spiro atoms. The van der Waals surface area contributed by atoms with E-state index in [0.29, 0.717) is 10.7 Å². The molecule has 0 fully saturated rings. The van der Waals surface area contributed by atoms with Gasteiger partial charge in [-0.15, -0.1) is 0 Å². The number of amides is 1. The number of rotatable bonds is 4. The van der Waals surface area contributed by atoms with E-state index < -0.39 is 18.0 Å². The van der Waals surface area contributed by atoms with Crippen LogP contribution in [0, 0.1) is 0 Å². The van der Waals surface area contributed by atoms with Crippen LogP contribution >= 0.6 is 23.2 Å². The first kappa shape index (κ1) is 17.1. The molecule has 0 saturated carbocycles. The maximum absolute atomic E-state index is 12.1. The number of hydrogen-bond donors (Lipinski definition) is 2. The molecule has 120 valence electrons. The van der Waals surface area contributed by atoms with Crippen molar-refractivity contribution in [2.75, 3.05) is 5.32 Å². The number of anilines is 1. The molecule has 0 heterocycles. The molecule has 2 N–H and O–H groups in total. The molecular weight excluding hydrogens is 341 g/mol. The van der Waals surface area contributed by atoms with Gasteiger partial charge >= 0.3 is 5.97 Å². The summed E-state index contributed by atoms with van der Waals surface area (Å²) in [5.41, 5.74) is 0.598. The lowest BCUT2D eigenvalue weighted by Crippen LogP contribution is -2.30. The average molecular weight is 354 g/mol. The molecule has 0 aromatic heterocycles. The van der Waals surface area contributed by atoms with Gasteiger partial charge in [-0.3, -0.25) is 4.79 Å². The van der Waals surface area contributed by atoms with Crippen molar-refractivity contribution in [3.63, 3.8) is 0 Å². The largest absolute Gasteiger partial charge is 0.508 e. The van der Waals surface area contributed by atoms with Crippen LogP contribution in [0.4, 0.5) is 5.69 Å². The molecule has 23 heavy (non-hydrogen) atoms. The van der Waals surface area contributed by atoms with Gasteiger partial charge in [0.15, 0.2) is 6.10 Å². The molecule has 0 aliphatic heterocycles. The Bertz CT molecular complexity index is 731. The van der Waals surface area contributed by atoms with E-state index in [4.69, 9.17) is 27.9 Å². The number of hydrogen-bond acceptors (Lipinski definition) is 4. The summed E-state index contributed by atoms with van der Waals surface area (Å²) < 4.78 is 5.07. The Morgan fingerprint density at radius 1 is 1.13 bits per heavy atom. The first-order chi connectivity index (χ1) is 10.9. The zero-order chi connectivity index (χ0) is 17.0. The van der Waals surface area contributed by atoms with Crippen LogP contribution < -0.4 is 5.32 Å².